The molecule has 0 radical (unpaired) electrons. The van der Waals surface area contributed by atoms with Crippen molar-refractivity contribution in [1.82, 2.24) is 0 Å². The van der Waals surface area contributed by atoms with Crippen LogP contribution in [0, 0.1) is 0 Å². The van der Waals surface area contributed by atoms with Crippen LogP contribution < -0.4 is 0 Å². The maximum absolute atomic E-state index is 2.40. The van der Waals surface area contributed by atoms with Crippen molar-refractivity contribution in [3.8, 4) is 0 Å². The van der Waals surface area contributed by atoms with E-state index in [4.69, 9.17) is 0 Å². The van der Waals surface area contributed by atoms with Crippen LogP contribution in [-0.2, 0) is 10.8 Å². The summed E-state index contributed by atoms with van der Waals surface area (Å²) in [6.07, 6.45) is 11.1. The molecule has 25 heavy (non-hydrogen) atoms. The van der Waals surface area contributed by atoms with Crippen molar-refractivity contribution < 1.29 is 0 Å². The van der Waals surface area contributed by atoms with Crippen LogP contribution in [0.3, 0.4) is 0 Å². The first-order chi connectivity index (χ1) is 11.5. The lowest BCUT2D eigenvalue weighted by molar-refractivity contribution is 0.568. The molecule has 0 saturated heterocycles. The topological polar surface area (TPSA) is 0 Å². The van der Waals surface area contributed by atoms with Crippen molar-refractivity contribution in [2.75, 3.05) is 0 Å². The van der Waals surface area contributed by atoms with E-state index in [1.165, 1.54) is 27.8 Å². The molecule has 1 rings (SSSR count). The fraction of sp³-hybridized carbons (Fsp3) is 0.520. The van der Waals surface area contributed by atoms with E-state index < -0.39 is 0 Å². The second kappa shape index (κ2) is 8.70. The van der Waals surface area contributed by atoms with Gasteiger partial charge in [-0.15, -0.1) is 0 Å². The van der Waals surface area contributed by atoms with Crippen LogP contribution >= 0.6 is 0 Å². The van der Waals surface area contributed by atoms with E-state index in [0.29, 0.717) is 0 Å². The van der Waals surface area contributed by atoms with Gasteiger partial charge >= 0.3 is 0 Å². The van der Waals surface area contributed by atoms with Gasteiger partial charge in [0.2, 0.25) is 0 Å². The molecule has 0 N–H and O–H groups in total. The smallest absolute Gasteiger partial charge is 0.0132 e. The minimum Gasteiger partial charge on any atom is -0.0847 e. The Morgan fingerprint density at radius 1 is 0.920 bits per heavy atom. The summed E-state index contributed by atoms with van der Waals surface area (Å²) in [7, 11) is 0. The van der Waals surface area contributed by atoms with Gasteiger partial charge < -0.3 is 0 Å². The molecule has 0 atom stereocenters. The van der Waals surface area contributed by atoms with E-state index in [1.807, 2.05) is 0 Å². The average Bonchev–Trinajstić information content (AvgIpc) is 2.51. The molecule has 138 valence electrons. The number of allylic oxidation sites excluding steroid dienone is 6. The molecule has 0 spiro atoms. The molecule has 0 nitrogen and oxygen atoms in total. The first-order valence-corrected chi connectivity index (χ1v) is 9.65. The van der Waals surface area contributed by atoms with Crippen LogP contribution in [0.2, 0.25) is 0 Å². The van der Waals surface area contributed by atoms with Crippen LogP contribution in [-0.4, -0.2) is 0 Å². The van der Waals surface area contributed by atoms with E-state index in [0.717, 1.165) is 12.8 Å². The van der Waals surface area contributed by atoms with E-state index in [1.54, 1.807) is 0 Å². The maximum Gasteiger partial charge on any atom is -0.0132 e. The van der Waals surface area contributed by atoms with Crippen molar-refractivity contribution in [1.29, 1.82) is 0 Å². The second-order valence-electron chi connectivity index (χ2n) is 9.13. The van der Waals surface area contributed by atoms with Crippen LogP contribution in [0.4, 0.5) is 0 Å². The Hall–Kier alpha value is -1.56. The number of rotatable bonds is 5. The Bertz CT molecular complexity index is 620. The predicted molar refractivity (Wildman–Crippen MR) is 115 cm³/mol. The summed E-state index contributed by atoms with van der Waals surface area (Å²) in [5.74, 6) is 0. The predicted octanol–water partition coefficient (Wildman–Crippen LogP) is 7.99. The van der Waals surface area contributed by atoms with Crippen molar-refractivity contribution in [2.24, 2.45) is 0 Å². The van der Waals surface area contributed by atoms with Crippen molar-refractivity contribution in [3.05, 3.63) is 64.8 Å². The molecule has 0 heterocycles. The lowest BCUT2D eigenvalue weighted by atomic mass is 9.78. The van der Waals surface area contributed by atoms with Gasteiger partial charge in [-0.2, -0.15) is 0 Å². The normalized spacial score (nSPS) is 14.4. The van der Waals surface area contributed by atoms with E-state index in [9.17, 15) is 0 Å². The summed E-state index contributed by atoms with van der Waals surface area (Å²) in [5.41, 5.74) is 7.26. The molecule has 0 amide bonds. The fourth-order valence-corrected chi connectivity index (χ4v) is 2.68. The van der Waals surface area contributed by atoms with E-state index in [-0.39, 0.29) is 10.8 Å². The number of hydrogen-bond donors (Lipinski definition) is 0. The van der Waals surface area contributed by atoms with E-state index >= 15 is 0 Å². The van der Waals surface area contributed by atoms with Gasteiger partial charge in [-0.05, 0) is 53.4 Å². The van der Waals surface area contributed by atoms with Crippen LogP contribution in [0.25, 0.3) is 5.57 Å². The molecular weight excluding hydrogens is 300 g/mol. The zero-order chi connectivity index (χ0) is 19.3. The molecule has 0 heteroatoms. The summed E-state index contributed by atoms with van der Waals surface area (Å²) < 4.78 is 0. The Morgan fingerprint density at radius 3 is 1.84 bits per heavy atom. The molecule has 1 aromatic carbocycles. The Labute approximate surface area is 156 Å². The molecule has 0 aliphatic heterocycles. The average molecular weight is 339 g/mol. The minimum absolute atomic E-state index is 0.157. The van der Waals surface area contributed by atoms with Gasteiger partial charge in [-0.1, -0.05) is 103 Å². The summed E-state index contributed by atoms with van der Waals surface area (Å²) >= 11 is 0. The standard InChI is InChI=1S/C25H38/c1-10-13-20(15-12-14-19(3)11-2)21-16-22(24(4,5)6)18-23(17-21)25(7,8)9/h11-12,14-18H,10,13H2,1-9H3/b14-12+,19-11+,20-15-. The summed E-state index contributed by atoms with van der Waals surface area (Å²) in [4.78, 5) is 0. The van der Waals surface area contributed by atoms with Gasteiger partial charge in [-0.3, -0.25) is 0 Å². The van der Waals surface area contributed by atoms with Crippen molar-refractivity contribution >= 4 is 5.57 Å². The van der Waals surface area contributed by atoms with Gasteiger partial charge in [0.05, 0.1) is 0 Å². The molecule has 0 unspecified atom stereocenters. The first kappa shape index (κ1) is 21.5. The molecule has 0 bridgehead atoms. The highest BCUT2D eigenvalue weighted by Gasteiger charge is 2.21. The molecule has 0 aromatic heterocycles. The number of benzene rings is 1. The van der Waals surface area contributed by atoms with Gasteiger partial charge in [0.25, 0.3) is 0 Å². The van der Waals surface area contributed by atoms with Crippen molar-refractivity contribution in [3.63, 3.8) is 0 Å². The van der Waals surface area contributed by atoms with Gasteiger partial charge in [-0.25, -0.2) is 0 Å². The maximum atomic E-state index is 2.40. The largest absolute Gasteiger partial charge is 0.0847 e. The molecule has 0 fully saturated rings. The third-order valence-corrected chi connectivity index (χ3v) is 4.67. The highest BCUT2D eigenvalue weighted by atomic mass is 14.3. The van der Waals surface area contributed by atoms with Gasteiger partial charge in [0.15, 0.2) is 0 Å². The zero-order valence-corrected chi connectivity index (χ0v) is 18.0. The number of hydrogen-bond acceptors (Lipinski definition) is 0. The highest BCUT2D eigenvalue weighted by molar-refractivity contribution is 5.69. The first-order valence-electron chi connectivity index (χ1n) is 9.65. The Kier molecular flexibility index (Phi) is 7.47. The van der Waals surface area contributed by atoms with Crippen LogP contribution in [0.1, 0.15) is 91.8 Å². The summed E-state index contributed by atoms with van der Waals surface area (Å²) in [5, 5.41) is 0. The van der Waals surface area contributed by atoms with Gasteiger partial charge in [0.1, 0.15) is 0 Å². The van der Waals surface area contributed by atoms with Crippen molar-refractivity contribution in [2.45, 2.75) is 86.0 Å². The zero-order valence-electron chi connectivity index (χ0n) is 18.0. The monoisotopic (exact) mass is 338 g/mol. The molecule has 0 aliphatic rings. The molecule has 1 aromatic rings. The third kappa shape index (κ3) is 6.69. The fourth-order valence-electron chi connectivity index (χ4n) is 2.68. The van der Waals surface area contributed by atoms with Gasteiger partial charge in [0, 0.05) is 0 Å². The third-order valence-electron chi connectivity index (χ3n) is 4.67. The van der Waals surface area contributed by atoms with E-state index in [2.05, 4.69) is 105 Å². The second-order valence-corrected chi connectivity index (χ2v) is 9.13. The molecule has 0 aliphatic carbocycles. The highest BCUT2D eigenvalue weighted by Crippen LogP contribution is 2.33. The Morgan fingerprint density at radius 2 is 1.44 bits per heavy atom. The lowest BCUT2D eigenvalue weighted by Gasteiger charge is -2.26. The summed E-state index contributed by atoms with van der Waals surface area (Å²) in [6, 6.07) is 7.19. The Balaban J connectivity index is 3.48. The SMILES string of the molecule is C/C=C(C)/C=C/C=C(/CCC)c1cc(C(C)(C)C)cc(C(C)(C)C)c1. The van der Waals surface area contributed by atoms with Crippen LogP contribution in [0.15, 0.2) is 48.1 Å². The minimum atomic E-state index is 0.157. The summed E-state index contributed by atoms with van der Waals surface area (Å²) in [6.45, 7) is 20.3. The quantitative estimate of drug-likeness (QED) is 0.477. The molecule has 0 saturated carbocycles. The lowest BCUT2D eigenvalue weighted by Crippen LogP contribution is -2.17. The van der Waals surface area contributed by atoms with Crippen LogP contribution in [0.5, 0.6) is 0 Å². The molecular formula is C25H38.